The van der Waals surface area contributed by atoms with Gasteiger partial charge in [-0.2, -0.15) is 0 Å². The van der Waals surface area contributed by atoms with E-state index in [2.05, 4.69) is 146 Å². The van der Waals surface area contributed by atoms with Crippen LogP contribution < -0.4 is 9.30 Å². The van der Waals surface area contributed by atoms with Crippen LogP contribution in [0.25, 0.3) is 72.3 Å². The van der Waals surface area contributed by atoms with Gasteiger partial charge in [0.15, 0.2) is 0 Å². The minimum absolute atomic E-state index is 0.0731. The molecule has 0 spiro atoms. The summed E-state index contributed by atoms with van der Waals surface area (Å²) in [7, 11) is 0. The molecule has 0 atom stereocenters. The molecule has 10 aromatic rings. The zero-order valence-corrected chi connectivity index (χ0v) is 38.6. The van der Waals surface area contributed by atoms with E-state index in [0.29, 0.717) is 22.7 Å². The number of para-hydroxylation sites is 2. The summed E-state index contributed by atoms with van der Waals surface area (Å²) >= 11 is 0. The van der Waals surface area contributed by atoms with Gasteiger partial charge in [-0.3, -0.25) is 13.7 Å². The van der Waals surface area contributed by atoms with Crippen molar-refractivity contribution in [3.05, 3.63) is 199 Å². The summed E-state index contributed by atoms with van der Waals surface area (Å²) in [4.78, 5) is 4.93. The molecular formula is C60H56N4O. The summed E-state index contributed by atoms with van der Waals surface area (Å²) in [6, 6.07) is 46.1. The number of ether oxygens (including phenoxy) is 1. The van der Waals surface area contributed by atoms with Crippen LogP contribution in [-0.2, 0) is 16.2 Å². The molecule has 0 amide bonds. The van der Waals surface area contributed by atoms with Crippen LogP contribution in [0, 0.1) is 6.33 Å². The highest BCUT2D eigenvalue weighted by Gasteiger charge is 2.28. The van der Waals surface area contributed by atoms with Gasteiger partial charge in [-0.1, -0.05) is 171 Å². The third-order valence-corrected chi connectivity index (χ3v) is 12.3. The molecule has 10 rings (SSSR count). The van der Waals surface area contributed by atoms with Gasteiger partial charge in [-0.05, 0) is 110 Å². The molecule has 3 aromatic heterocycles. The van der Waals surface area contributed by atoms with Crippen molar-refractivity contribution in [1.29, 1.82) is 0 Å². The van der Waals surface area contributed by atoms with Gasteiger partial charge >= 0.3 is 0 Å². The predicted octanol–water partition coefficient (Wildman–Crippen LogP) is 15.2. The van der Waals surface area contributed by atoms with Crippen LogP contribution in [0.2, 0.25) is 0 Å². The minimum atomic E-state index is -0.432. The summed E-state index contributed by atoms with van der Waals surface area (Å²) in [5.74, 6) is 2.12. The summed E-state index contributed by atoms with van der Waals surface area (Å²) in [6.07, 6.45) is 5.58. The third-order valence-electron chi connectivity index (χ3n) is 12.3. The number of hydrogen-bond acceptors (Lipinski definition) is 2. The lowest BCUT2D eigenvalue weighted by molar-refractivity contribution is -0.572. The van der Waals surface area contributed by atoms with Crippen molar-refractivity contribution in [3.63, 3.8) is 0 Å². The summed E-state index contributed by atoms with van der Waals surface area (Å²) in [5, 5.41) is 2.21. The molecule has 5 nitrogen and oxygen atoms in total. The van der Waals surface area contributed by atoms with Crippen LogP contribution in [-0.4, -0.2) is 14.1 Å². The standard InChI is InChI=1S/C60H56N4O/c1-58(2,3)43-31-32-61-56(36-43)64-52-30-27-42(40-19-12-10-13-20-40)33-50(52)48-29-28-47(38-55(48)64)65-46-24-18-23-45(37-46)62-39-63(54-26-17-16-25-53(54)62)57-49(41-21-14-11-15-22-41)34-44(59(4,5)6)35-51(57)60(7,8)9/h10-38H,1-9H3/i11D,14D,15D,21D,22D. The van der Waals surface area contributed by atoms with Crippen molar-refractivity contribution in [3.8, 4) is 50.9 Å². The topological polar surface area (TPSA) is 35.9 Å². The number of nitrogens with zero attached hydrogens (tertiary/aromatic N) is 4. The van der Waals surface area contributed by atoms with Crippen LogP contribution in [0.1, 0.15) is 85.9 Å². The second-order valence-electron chi connectivity index (χ2n) is 20.0. The van der Waals surface area contributed by atoms with Crippen molar-refractivity contribution in [2.45, 2.75) is 78.6 Å². The monoisotopic (exact) mass is 853 g/mol. The number of aromatic nitrogens is 4. The molecule has 0 radical (unpaired) electrons. The Labute approximate surface area is 390 Å². The molecule has 5 heteroatoms. The van der Waals surface area contributed by atoms with E-state index in [1.807, 2.05) is 82.1 Å². The van der Waals surface area contributed by atoms with Crippen LogP contribution >= 0.6 is 0 Å². The smallest absolute Gasteiger partial charge is 0.269 e. The van der Waals surface area contributed by atoms with Gasteiger partial charge in [0, 0.05) is 23.0 Å². The number of benzene rings is 7. The highest BCUT2D eigenvalue weighted by molar-refractivity contribution is 6.10. The average molecular weight is 854 g/mol. The molecule has 0 bridgehead atoms. The maximum Gasteiger partial charge on any atom is 0.269 e. The van der Waals surface area contributed by atoms with Gasteiger partial charge in [0.1, 0.15) is 17.3 Å². The molecule has 0 aliphatic heterocycles. The molecular weight excluding hydrogens is 793 g/mol. The molecule has 0 saturated heterocycles. The van der Waals surface area contributed by atoms with E-state index in [1.54, 1.807) is 0 Å². The third kappa shape index (κ3) is 7.80. The van der Waals surface area contributed by atoms with Crippen molar-refractivity contribution >= 4 is 32.8 Å². The summed E-state index contributed by atoms with van der Waals surface area (Å²) in [6.45, 7) is 19.5. The number of imidazole rings is 1. The van der Waals surface area contributed by atoms with E-state index >= 15 is 0 Å². The number of fused-ring (bicyclic) bond motifs is 4. The van der Waals surface area contributed by atoms with E-state index in [0.717, 1.165) is 66.6 Å². The Morgan fingerprint density at radius 3 is 2.05 bits per heavy atom. The Kier molecular flexibility index (Phi) is 8.77. The fourth-order valence-corrected chi connectivity index (χ4v) is 8.82. The van der Waals surface area contributed by atoms with E-state index in [1.165, 1.54) is 5.56 Å². The predicted molar refractivity (Wildman–Crippen MR) is 269 cm³/mol. The first-order chi connectivity index (χ1) is 33.2. The molecule has 322 valence electrons. The van der Waals surface area contributed by atoms with Gasteiger partial charge in [0.2, 0.25) is 0 Å². The molecule has 0 aliphatic carbocycles. The maximum absolute atomic E-state index is 9.19. The number of pyridine rings is 1. The normalized spacial score (nSPS) is 13.5. The second kappa shape index (κ2) is 15.8. The fourth-order valence-electron chi connectivity index (χ4n) is 8.82. The number of hydrogen-bond donors (Lipinski definition) is 0. The highest BCUT2D eigenvalue weighted by Crippen LogP contribution is 2.41. The van der Waals surface area contributed by atoms with Gasteiger partial charge in [0.05, 0.1) is 40.3 Å². The molecule has 0 N–H and O–H groups in total. The Morgan fingerprint density at radius 1 is 0.554 bits per heavy atom. The van der Waals surface area contributed by atoms with Crippen molar-refractivity contribution in [1.82, 2.24) is 14.1 Å². The van der Waals surface area contributed by atoms with Gasteiger partial charge in [-0.15, -0.1) is 0 Å². The lowest BCUT2D eigenvalue weighted by Gasteiger charge is -2.30. The maximum atomic E-state index is 9.19. The van der Waals surface area contributed by atoms with Crippen LogP contribution in [0.5, 0.6) is 11.5 Å². The summed E-state index contributed by atoms with van der Waals surface area (Å²) in [5.41, 5.74) is 10.5. The SMILES string of the molecule is [2H]c1c([2H])c([2H])c(-c2cc(C(C)(C)C)cc(C(C)(C)C)c2-[n+]2[c-]n(-c3cccc(Oc4ccc5c6cc(-c7ccccc7)ccc6n(-c6cc(C(C)(C)C)ccn6)c5c4)c3)c3ccccc32)c([2H])c1[2H]. The molecule has 65 heavy (non-hydrogen) atoms. The molecule has 0 fully saturated rings. The van der Waals surface area contributed by atoms with Crippen molar-refractivity contribution in [2.24, 2.45) is 0 Å². The Balaban J connectivity index is 1.13. The van der Waals surface area contributed by atoms with E-state index in [9.17, 15) is 2.74 Å². The zero-order valence-electron chi connectivity index (χ0n) is 43.6. The largest absolute Gasteiger partial charge is 0.458 e. The first-order valence-corrected chi connectivity index (χ1v) is 22.3. The molecule has 7 aromatic carbocycles. The number of rotatable bonds is 7. The zero-order chi connectivity index (χ0) is 49.6. The van der Waals surface area contributed by atoms with Gasteiger partial charge in [0.25, 0.3) is 6.33 Å². The molecule has 3 heterocycles. The molecule has 0 aliphatic rings. The lowest BCUT2D eigenvalue weighted by atomic mass is 9.77. The second-order valence-corrected chi connectivity index (χ2v) is 20.0. The quantitative estimate of drug-likeness (QED) is 0.118. The van der Waals surface area contributed by atoms with E-state index in [-0.39, 0.29) is 40.6 Å². The van der Waals surface area contributed by atoms with Gasteiger partial charge < -0.3 is 4.74 Å². The van der Waals surface area contributed by atoms with Crippen LogP contribution in [0.15, 0.2) is 176 Å². The minimum Gasteiger partial charge on any atom is -0.458 e. The van der Waals surface area contributed by atoms with Crippen LogP contribution in [0.3, 0.4) is 0 Å². The van der Waals surface area contributed by atoms with Crippen molar-refractivity contribution in [2.75, 3.05) is 0 Å². The molecule has 0 saturated carbocycles. The molecule has 0 unspecified atom stereocenters. The van der Waals surface area contributed by atoms with Crippen molar-refractivity contribution < 1.29 is 16.2 Å². The average Bonchev–Trinajstić information content (AvgIpc) is 3.87. The lowest BCUT2D eigenvalue weighted by Crippen LogP contribution is -2.35. The summed E-state index contributed by atoms with van der Waals surface area (Å²) < 4.78 is 57.2. The highest BCUT2D eigenvalue weighted by atomic mass is 16.5. The van der Waals surface area contributed by atoms with E-state index in [4.69, 9.17) is 13.8 Å². The first kappa shape index (κ1) is 36.1. The van der Waals surface area contributed by atoms with Gasteiger partial charge in [-0.25, -0.2) is 4.98 Å². The Hall–Kier alpha value is -7.24. The Morgan fingerprint density at radius 2 is 1.29 bits per heavy atom. The van der Waals surface area contributed by atoms with E-state index < -0.39 is 11.5 Å². The fraction of sp³-hybridized carbons (Fsp3) is 0.200. The first-order valence-electron chi connectivity index (χ1n) is 24.8. The van der Waals surface area contributed by atoms with Crippen LogP contribution in [0.4, 0.5) is 0 Å². The Bertz CT molecular complexity index is 3670.